The van der Waals surface area contributed by atoms with E-state index in [0.29, 0.717) is 12.6 Å². The van der Waals surface area contributed by atoms with Crippen molar-refractivity contribution in [1.82, 2.24) is 10.2 Å². The van der Waals surface area contributed by atoms with Crippen LogP contribution in [0.4, 0.5) is 0 Å². The Morgan fingerprint density at radius 3 is 2.40 bits per heavy atom. The van der Waals surface area contributed by atoms with Crippen LogP contribution in [-0.4, -0.2) is 43.0 Å². The van der Waals surface area contributed by atoms with Crippen molar-refractivity contribution in [3.8, 4) is 0 Å². The van der Waals surface area contributed by atoms with Gasteiger partial charge in [-0.05, 0) is 38.8 Å². The van der Waals surface area contributed by atoms with Gasteiger partial charge in [-0.25, -0.2) is 0 Å². The number of hydrogen-bond acceptors (Lipinski definition) is 3. The first kappa shape index (κ1) is 19.7. The minimum atomic E-state index is -0.0900. The first-order valence-electron chi connectivity index (χ1n) is 7.56. The highest BCUT2D eigenvalue weighted by Crippen LogP contribution is 2.18. The van der Waals surface area contributed by atoms with E-state index in [1.807, 2.05) is 14.0 Å². The van der Waals surface area contributed by atoms with E-state index in [1.54, 1.807) is 0 Å². The molecule has 1 aliphatic rings. The number of likely N-dealkylation sites (N-methyl/N-ethyl adjacent to an activating group) is 1. The van der Waals surface area contributed by atoms with Crippen LogP contribution in [0.2, 0.25) is 0 Å². The fourth-order valence-corrected chi connectivity index (χ4v) is 2.65. The average Bonchev–Trinajstić information content (AvgIpc) is 2.38. The van der Waals surface area contributed by atoms with E-state index >= 15 is 0 Å². The van der Waals surface area contributed by atoms with E-state index in [-0.39, 0.29) is 29.8 Å². The lowest BCUT2D eigenvalue weighted by atomic mass is 9.92. The van der Waals surface area contributed by atoms with E-state index < -0.39 is 0 Å². The van der Waals surface area contributed by atoms with Gasteiger partial charge in [0.1, 0.15) is 0 Å². The zero-order valence-electron chi connectivity index (χ0n) is 13.4. The molecule has 1 amide bonds. The van der Waals surface area contributed by atoms with E-state index in [1.165, 1.54) is 19.3 Å². The predicted octanol–water partition coefficient (Wildman–Crippen LogP) is 2.16. The maximum Gasteiger partial charge on any atom is 0.237 e. The molecule has 0 radical (unpaired) electrons. The molecule has 1 rings (SSSR count). The number of carbonyl (C=O) groups is 1. The van der Waals surface area contributed by atoms with Crippen molar-refractivity contribution in [3.05, 3.63) is 0 Å². The van der Waals surface area contributed by atoms with Gasteiger partial charge in [0.2, 0.25) is 5.91 Å². The Labute approximate surface area is 130 Å². The smallest absolute Gasteiger partial charge is 0.237 e. The van der Waals surface area contributed by atoms with Gasteiger partial charge < -0.3 is 11.1 Å². The molecule has 0 aromatic carbocycles. The summed E-state index contributed by atoms with van der Waals surface area (Å²) >= 11 is 0. The fourth-order valence-electron chi connectivity index (χ4n) is 2.65. The molecule has 1 saturated carbocycles. The van der Waals surface area contributed by atoms with E-state index in [2.05, 4.69) is 24.1 Å². The summed E-state index contributed by atoms with van der Waals surface area (Å²) in [4.78, 5) is 14.3. The molecular formula is C15H32ClN3O. The molecule has 0 spiro atoms. The Bertz CT molecular complexity index is 291. The van der Waals surface area contributed by atoms with E-state index in [4.69, 9.17) is 5.73 Å². The molecule has 5 heteroatoms. The van der Waals surface area contributed by atoms with Gasteiger partial charge in [0.15, 0.2) is 0 Å². The monoisotopic (exact) mass is 305 g/mol. The molecule has 3 N–H and O–H groups in total. The summed E-state index contributed by atoms with van der Waals surface area (Å²) in [5, 5.41) is 3.19. The van der Waals surface area contributed by atoms with Crippen molar-refractivity contribution >= 4 is 18.3 Å². The normalized spacial score (nSPS) is 18.5. The molecule has 0 saturated heterocycles. The Morgan fingerprint density at radius 2 is 1.90 bits per heavy atom. The SMILES string of the molecule is CC(C(=O)NC1CCCCC1)N(C)CC(C)(C)CN.Cl. The van der Waals surface area contributed by atoms with Gasteiger partial charge in [-0.2, -0.15) is 0 Å². The van der Waals surface area contributed by atoms with Crippen LogP contribution in [0.3, 0.4) is 0 Å². The number of nitrogens with zero attached hydrogens (tertiary/aromatic N) is 1. The standard InChI is InChI=1S/C15H31N3O.ClH/c1-12(18(4)11-15(2,3)10-16)14(19)17-13-8-6-5-7-9-13;/h12-13H,5-11,16H2,1-4H3,(H,17,19);1H. The number of carbonyl (C=O) groups excluding carboxylic acids is 1. The fraction of sp³-hybridized carbons (Fsp3) is 0.933. The van der Waals surface area contributed by atoms with Gasteiger partial charge in [-0.3, -0.25) is 9.69 Å². The molecule has 0 bridgehead atoms. The van der Waals surface area contributed by atoms with Crippen molar-refractivity contribution in [3.63, 3.8) is 0 Å². The predicted molar refractivity (Wildman–Crippen MR) is 87.2 cm³/mol. The molecule has 0 heterocycles. The highest BCUT2D eigenvalue weighted by atomic mass is 35.5. The summed E-state index contributed by atoms with van der Waals surface area (Å²) in [7, 11) is 2.00. The molecule has 120 valence electrons. The summed E-state index contributed by atoms with van der Waals surface area (Å²) in [5.41, 5.74) is 5.80. The Kier molecular flexibility index (Phi) is 8.71. The summed E-state index contributed by atoms with van der Waals surface area (Å²) < 4.78 is 0. The zero-order chi connectivity index (χ0) is 14.5. The number of nitrogens with one attached hydrogen (secondary N) is 1. The minimum absolute atomic E-state index is 0. The number of rotatable bonds is 6. The summed E-state index contributed by atoms with van der Waals surface area (Å²) in [6, 6.07) is 0.298. The molecule has 1 aliphatic carbocycles. The van der Waals surface area contributed by atoms with Gasteiger partial charge in [-0.15, -0.1) is 12.4 Å². The Balaban J connectivity index is 0.00000361. The molecule has 1 unspecified atom stereocenters. The lowest BCUT2D eigenvalue weighted by molar-refractivity contribution is -0.126. The second kappa shape index (κ2) is 8.85. The zero-order valence-corrected chi connectivity index (χ0v) is 14.3. The first-order valence-corrected chi connectivity index (χ1v) is 7.56. The quantitative estimate of drug-likeness (QED) is 0.790. The van der Waals surface area contributed by atoms with E-state index in [9.17, 15) is 4.79 Å². The first-order chi connectivity index (χ1) is 8.85. The summed E-state index contributed by atoms with van der Waals surface area (Å²) in [6.07, 6.45) is 6.07. The minimum Gasteiger partial charge on any atom is -0.352 e. The van der Waals surface area contributed by atoms with Crippen LogP contribution in [0, 0.1) is 5.41 Å². The third kappa shape index (κ3) is 6.42. The molecule has 4 nitrogen and oxygen atoms in total. The third-order valence-corrected chi connectivity index (χ3v) is 4.22. The molecule has 0 aromatic heterocycles. The van der Waals surface area contributed by atoms with Crippen LogP contribution >= 0.6 is 12.4 Å². The van der Waals surface area contributed by atoms with E-state index in [0.717, 1.165) is 19.4 Å². The van der Waals surface area contributed by atoms with Crippen LogP contribution in [0.5, 0.6) is 0 Å². The van der Waals surface area contributed by atoms with Crippen molar-refractivity contribution in [2.45, 2.75) is 65.0 Å². The van der Waals surface area contributed by atoms with Crippen molar-refractivity contribution < 1.29 is 4.79 Å². The maximum absolute atomic E-state index is 12.2. The van der Waals surface area contributed by atoms with Crippen molar-refractivity contribution in [1.29, 1.82) is 0 Å². The average molecular weight is 306 g/mol. The molecular weight excluding hydrogens is 274 g/mol. The van der Waals surface area contributed by atoms with Gasteiger partial charge in [0.25, 0.3) is 0 Å². The second-order valence-corrected chi connectivity index (χ2v) is 6.80. The highest BCUT2D eigenvalue weighted by molar-refractivity contribution is 5.85. The van der Waals surface area contributed by atoms with Crippen molar-refractivity contribution in [2.24, 2.45) is 11.1 Å². The Hall–Kier alpha value is -0.320. The molecule has 0 aromatic rings. The van der Waals surface area contributed by atoms with Gasteiger partial charge in [-0.1, -0.05) is 33.1 Å². The molecule has 20 heavy (non-hydrogen) atoms. The summed E-state index contributed by atoms with van der Waals surface area (Å²) in [6.45, 7) is 7.71. The van der Waals surface area contributed by atoms with Crippen LogP contribution < -0.4 is 11.1 Å². The maximum atomic E-state index is 12.2. The van der Waals surface area contributed by atoms with Crippen LogP contribution in [0.15, 0.2) is 0 Å². The lowest BCUT2D eigenvalue weighted by Gasteiger charge is -2.33. The highest BCUT2D eigenvalue weighted by Gasteiger charge is 2.26. The second-order valence-electron chi connectivity index (χ2n) is 6.80. The molecule has 1 atom stereocenters. The van der Waals surface area contributed by atoms with Crippen molar-refractivity contribution in [2.75, 3.05) is 20.1 Å². The van der Waals surface area contributed by atoms with Gasteiger partial charge in [0, 0.05) is 12.6 Å². The number of amides is 1. The third-order valence-electron chi connectivity index (χ3n) is 4.22. The number of hydrogen-bond donors (Lipinski definition) is 2. The van der Waals surface area contributed by atoms with Crippen LogP contribution in [0.25, 0.3) is 0 Å². The molecule has 0 aliphatic heterocycles. The molecule has 1 fully saturated rings. The summed E-state index contributed by atoms with van der Waals surface area (Å²) in [5.74, 6) is 0.155. The van der Waals surface area contributed by atoms with Crippen LogP contribution in [0.1, 0.15) is 52.9 Å². The largest absolute Gasteiger partial charge is 0.352 e. The lowest BCUT2D eigenvalue weighted by Crippen LogP contribution is -2.50. The van der Waals surface area contributed by atoms with Gasteiger partial charge in [0.05, 0.1) is 6.04 Å². The number of halogens is 1. The van der Waals surface area contributed by atoms with Crippen LogP contribution in [-0.2, 0) is 4.79 Å². The topological polar surface area (TPSA) is 58.4 Å². The Morgan fingerprint density at radius 1 is 1.35 bits per heavy atom. The number of nitrogens with two attached hydrogens (primary N) is 1. The van der Waals surface area contributed by atoms with Gasteiger partial charge >= 0.3 is 0 Å².